The van der Waals surface area contributed by atoms with Crippen molar-refractivity contribution in [1.82, 2.24) is 14.7 Å². The smallest absolute Gasteiger partial charge is 0.170 e. The molecule has 0 fully saturated rings. The fourth-order valence-electron chi connectivity index (χ4n) is 1.94. The second-order valence-corrected chi connectivity index (χ2v) is 6.69. The third kappa shape index (κ3) is 4.98. The first kappa shape index (κ1) is 16.3. The molecule has 0 aliphatic carbocycles. The topological polar surface area (TPSA) is 47.0 Å². The van der Waals surface area contributed by atoms with Crippen LogP contribution in [0.2, 0.25) is 0 Å². The number of thioether (sulfide) groups is 1. The van der Waals surface area contributed by atoms with Gasteiger partial charge in [-0.2, -0.15) is 4.37 Å². The van der Waals surface area contributed by atoms with E-state index in [9.17, 15) is 0 Å². The Bertz CT molecular complexity index is 572. The van der Waals surface area contributed by atoms with Gasteiger partial charge in [0.25, 0.3) is 0 Å². The molecule has 0 amide bonds. The molecule has 0 aliphatic rings. The van der Waals surface area contributed by atoms with Gasteiger partial charge in [0.1, 0.15) is 11.6 Å². The SMILES string of the molecule is CCCNCc1ccc(OC)c(CSc2nc(C)ns2)c1. The van der Waals surface area contributed by atoms with Gasteiger partial charge in [0.15, 0.2) is 4.34 Å². The fraction of sp³-hybridized carbons (Fsp3) is 0.467. The molecule has 0 atom stereocenters. The molecule has 2 aromatic rings. The van der Waals surface area contributed by atoms with Gasteiger partial charge in [0.05, 0.1) is 7.11 Å². The highest BCUT2D eigenvalue weighted by Gasteiger charge is 2.08. The Morgan fingerprint density at radius 3 is 2.90 bits per heavy atom. The van der Waals surface area contributed by atoms with Crippen molar-refractivity contribution in [3.8, 4) is 5.75 Å². The highest BCUT2D eigenvalue weighted by atomic mass is 32.2. The summed E-state index contributed by atoms with van der Waals surface area (Å²) in [5.41, 5.74) is 2.49. The third-order valence-corrected chi connectivity index (χ3v) is 4.93. The number of ether oxygens (including phenoxy) is 1. The van der Waals surface area contributed by atoms with Crippen molar-refractivity contribution < 1.29 is 4.74 Å². The van der Waals surface area contributed by atoms with Crippen molar-refractivity contribution in [3.63, 3.8) is 0 Å². The van der Waals surface area contributed by atoms with Crippen LogP contribution in [0.4, 0.5) is 0 Å². The highest BCUT2D eigenvalue weighted by molar-refractivity contribution is 8.00. The molecule has 0 bridgehead atoms. The minimum Gasteiger partial charge on any atom is -0.496 e. The lowest BCUT2D eigenvalue weighted by Gasteiger charge is -2.10. The number of aryl methyl sites for hydroxylation is 1. The van der Waals surface area contributed by atoms with Crippen LogP contribution in [0.3, 0.4) is 0 Å². The third-order valence-electron chi connectivity index (χ3n) is 2.96. The lowest BCUT2D eigenvalue weighted by molar-refractivity contribution is 0.411. The first-order chi connectivity index (χ1) is 10.2. The minimum absolute atomic E-state index is 0.840. The summed E-state index contributed by atoms with van der Waals surface area (Å²) in [4.78, 5) is 4.38. The molecule has 1 aromatic carbocycles. The van der Waals surface area contributed by atoms with Gasteiger partial charge in [-0.05, 0) is 49.1 Å². The van der Waals surface area contributed by atoms with E-state index in [0.29, 0.717) is 0 Å². The standard InChI is InChI=1S/C15H21N3OS2/c1-4-7-16-9-12-5-6-14(19-3)13(8-12)10-20-15-17-11(2)18-21-15/h5-6,8,16H,4,7,9-10H2,1-3H3. The molecule has 0 unspecified atom stereocenters. The zero-order valence-electron chi connectivity index (χ0n) is 12.7. The van der Waals surface area contributed by atoms with Gasteiger partial charge in [-0.3, -0.25) is 0 Å². The van der Waals surface area contributed by atoms with E-state index in [1.165, 1.54) is 22.7 Å². The number of hydrogen-bond donors (Lipinski definition) is 1. The first-order valence-electron chi connectivity index (χ1n) is 7.02. The van der Waals surface area contributed by atoms with Crippen molar-refractivity contribution in [3.05, 3.63) is 35.2 Å². The summed E-state index contributed by atoms with van der Waals surface area (Å²) in [6.45, 7) is 6.03. The molecule has 0 spiro atoms. The van der Waals surface area contributed by atoms with Gasteiger partial charge < -0.3 is 10.1 Å². The molecular formula is C15H21N3OS2. The molecule has 4 nitrogen and oxygen atoms in total. The number of nitrogens with one attached hydrogen (secondary N) is 1. The Labute approximate surface area is 134 Å². The van der Waals surface area contributed by atoms with Crippen LogP contribution in [0.5, 0.6) is 5.75 Å². The molecule has 1 aromatic heterocycles. The van der Waals surface area contributed by atoms with Crippen molar-refractivity contribution in [2.24, 2.45) is 0 Å². The lowest BCUT2D eigenvalue weighted by Crippen LogP contribution is -2.13. The number of aromatic nitrogens is 2. The van der Waals surface area contributed by atoms with E-state index in [2.05, 4.69) is 33.7 Å². The second kappa shape index (κ2) is 8.36. The Balaban J connectivity index is 2.02. The molecule has 0 aliphatic heterocycles. The van der Waals surface area contributed by atoms with Crippen molar-refractivity contribution in [2.45, 2.75) is 36.9 Å². The van der Waals surface area contributed by atoms with Crippen molar-refractivity contribution in [2.75, 3.05) is 13.7 Å². The van der Waals surface area contributed by atoms with Gasteiger partial charge in [0.2, 0.25) is 0 Å². The number of nitrogens with zero attached hydrogens (tertiary/aromatic N) is 2. The van der Waals surface area contributed by atoms with Gasteiger partial charge in [-0.25, -0.2) is 4.98 Å². The number of hydrogen-bond acceptors (Lipinski definition) is 6. The molecule has 6 heteroatoms. The zero-order valence-corrected chi connectivity index (χ0v) is 14.3. The van der Waals surface area contributed by atoms with E-state index in [0.717, 1.165) is 41.2 Å². The molecular weight excluding hydrogens is 302 g/mol. The van der Waals surface area contributed by atoms with E-state index in [4.69, 9.17) is 4.74 Å². The molecule has 0 saturated heterocycles. The lowest BCUT2D eigenvalue weighted by atomic mass is 10.1. The van der Waals surface area contributed by atoms with Crippen LogP contribution in [-0.4, -0.2) is 23.0 Å². The van der Waals surface area contributed by atoms with Gasteiger partial charge in [-0.15, -0.1) is 0 Å². The maximum absolute atomic E-state index is 5.45. The Morgan fingerprint density at radius 2 is 2.24 bits per heavy atom. The average molecular weight is 323 g/mol. The fourth-order valence-corrected chi connectivity index (χ4v) is 3.56. The van der Waals surface area contributed by atoms with E-state index < -0.39 is 0 Å². The molecule has 2 rings (SSSR count). The van der Waals surface area contributed by atoms with Crippen LogP contribution in [0, 0.1) is 6.92 Å². The quantitative estimate of drug-likeness (QED) is 0.593. The second-order valence-electron chi connectivity index (χ2n) is 4.72. The molecule has 21 heavy (non-hydrogen) atoms. The van der Waals surface area contributed by atoms with Crippen LogP contribution >= 0.6 is 23.3 Å². The van der Waals surface area contributed by atoms with E-state index >= 15 is 0 Å². The molecule has 0 saturated carbocycles. The maximum Gasteiger partial charge on any atom is 0.170 e. The Kier molecular flexibility index (Phi) is 6.48. The van der Waals surface area contributed by atoms with Crippen molar-refractivity contribution >= 4 is 23.3 Å². The van der Waals surface area contributed by atoms with E-state index in [1.807, 2.05) is 13.0 Å². The molecule has 1 N–H and O–H groups in total. The van der Waals surface area contributed by atoms with Crippen molar-refractivity contribution in [1.29, 1.82) is 0 Å². The number of benzene rings is 1. The summed E-state index contributed by atoms with van der Waals surface area (Å²) >= 11 is 3.16. The Hall–Kier alpha value is -1.11. The van der Waals surface area contributed by atoms with Crippen LogP contribution in [0.15, 0.2) is 22.5 Å². The summed E-state index contributed by atoms with van der Waals surface area (Å²) in [5.74, 6) is 2.62. The van der Waals surface area contributed by atoms with Gasteiger partial charge in [-0.1, -0.05) is 24.8 Å². The van der Waals surface area contributed by atoms with E-state index in [1.54, 1.807) is 18.9 Å². The summed E-state index contributed by atoms with van der Waals surface area (Å²) in [5, 5.41) is 3.43. The molecule has 114 valence electrons. The summed E-state index contributed by atoms with van der Waals surface area (Å²) in [6.07, 6.45) is 1.15. The highest BCUT2D eigenvalue weighted by Crippen LogP contribution is 2.29. The summed E-state index contributed by atoms with van der Waals surface area (Å²) in [6, 6.07) is 6.37. The maximum atomic E-state index is 5.45. The summed E-state index contributed by atoms with van der Waals surface area (Å²) < 4.78 is 10.7. The average Bonchev–Trinajstić information content (AvgIpc) is 2.91. The molecule has 1 heterocycles. The van der Waals surface area contributed by atoms with Crippen LogP contribution < -0.4 is 10.1 Å². The summed E-state index contributed by atoms with van der Waals surface area (Å²) in [7, 11) is 1.72. The molecule has 0 radical (unpaired) electrons. The van der Waals surface area contributed by atoms with Crippen LogP contribution in [0.25, 0.3) is 0 Å². The van der Waals surface area contributed by atoms with Gasteiger partial charge >= 0.3 is 0 Å². The minimum atomic E-state index is 0.840. The normalized spacial score (nSPS) is 10.8. The van der Waals surface area contributed by atoms with Gasteiger partial charge in [0, 0.05) is 17.9 Å². The monoisotopic (exact) mass is 323 g/mol. The zero-order chi connectivity index (χ0) is 15.1. The Morgan fingerprint density at radius 1 is 1.38 bits per heavy atom. The predicted octanol–water partition coefficient (Wildman–Crippen LogP) is 3.65. The largest absolute Gasteiger partial charge is 0.496 e. The van der Waals surface area contributed by atoms with Crippen LogP contribution in [-0.2, 0) is 12.3 Å². The number of rotatable bonds is 8. The first-order valence-corrected chi connectivity index (χ1v) is 8.78. The predicted molar refractivity (Wildman–Crippen MR) is 89.2 cm³/mol. The van der Waals surface area contributed by atoms with E-state index in [-0.39, 0.29) is 0 Å². The number of methoxy groups -OCH3 is 1. The van der Waals surface area contributed by atoms with Crippen LogP contribution in [0.1, 0.15) is 30.3 Å².